The van der Waals surface area contributed by atoms with Crippen LogP contribution in [0.5, 0.6) is 0 Å². The Labute approximate surface area is 153 Å². The monoisotopic (exact) mass is 371 g/mol. The zero-order chi connectivity index (χ0) is 17.8. The average Bonchev–Trinajstić information content (AvgIpc) is 3.27. The van der Waals surface area contributed by atoms with Crippen molar-refractivity contribution >= 4 is 40.2 Å². The van der Waals surface area contributed by atoms with E-state index in [0.717, 1.165) is 21.8 Å². The van der Waals surface area contributed by atoms with Gasteiger partial charge in [-0.1, -0.05) is 6.07 Å². The fourth-order valence-corrected chi connectivity index (χ4v) is 3.95. The van der Waals surface area contributed by atoms with Crippen LogP contribution in [0.4, 0.5) is 5.69 Å². The average molecular weight is 371 g/mol. The van der Waals surface area contributed by atoms with Crippen molar-refractivity contribution in [3.63, 3.8) is 0 Å². The molecule has 0 fully saturated rings. The number of hydrogen-bond donors (Lipinski definition) is 2. The molecule has 0 aliphatic rings. The summed E-state index contributed by atoms with van der Waals surface area (Å²) in [4.78, 5) is 28.7. The molecule has 2 N–H and O–H groups in total. The van der Waals surface area contributed by atoms with Gasteiger partial charge in [-0.05, 0) is 36.1 Å². The molecule has 0 radical (unpaired) electrons. The summed E-state index contributed by atoms with van der Waals surface area (Å²) in [7, 11) is 1.58. The number of nitrogens with zero attached hydrogens (tertiary/aromatic N) is 1. The van der Waals surface area contributed by atoms with E-state index in [9.17, 15) is 9.59 Å². The molecule has 3 rings (SSSR count). The van der Waals surface area contributed by atoms with Gasteiger partial charge in [-0.15, -0.1) is 11.3 Å². The highest BCUT2D eigenvalue weighted by Crippen LogP contribution is 2.26. The van der Waals surface area contributed by atoms with Crippen LogP contribution in [0, 0.1) is 6.92 Å². The Bertz CT molecular complexity index is 901. The maximum atomic E-state index is 12.3. The molecule has 0 saturated heterocycles. The highest BCUT2D eigenvalue weighted by atomic mass is 32.1. The van der Waals surface area contributed by atoms with Gasteiger partial charge in [0.1, 0.15) is 5.01 Å². The first-order valence-electron chi connectivity index (χ1n) is 7.67. The van der Waals surface area contributed by atoms with Crippen molar-refractivity contribution in [1.82, 2.24) is 10.3 Å². The first kappa shape index (κ1) is 17.3. The molecule has 0 aliphatic heterocycles. The molecule has 1 aromatic carbocycles. The van der Waals surface area contributed by atoms with Gasteiger partial charge in [-0.2, -0.15) is 11.3 Å². The van der Waals surface area contributed by atoms with Crippen LogP contribution in [0.25, 0.3) is 10.6 Å². The lowest BCUT2D eigenvalue weighted by atomic mass is 10.1. The Hall–Kier alpha value is -2.51. The van der Waals surface area contributed by atoms with Gasteiger partial charge in [-0.3, -0.25) is 9.59 Å². The molecule has 7 heteroatoms. The predicted octanol–water partition coefficient (Wildman–Crippen LogP) is 3.72. The van der Waals surface area contributed by atoms with Crippen LogP contribution < -0.4 is 10.6 Å². The van der Waals surface area contributed by atoms with Crippen LogP contribution in [0.3, 0.4) is 0 Å². The van der Waals surface area contributed by atoms with E-state index >= 15 is 0 Å². The minimum absolute atomic E-state index is 0.153. The summed E-state index contributed by atoms with van der Waals surface area (Å²) in [5, 5.41) is 12.3. The summed E-state index contributed by atoms with van der Waals surface area (Å²) in [5.41, 5.74) is 3.75. The normalized spacial score (nSPS) is 10.5. The molecule has 0 saturated carbocycles. The van der Waals surface area contributed by atoms with E-state index in [1.165, 1.54) is 11.3 Å². The number of anilines is 1. The van der Waals surface area contributed by atoms with E-state index in [-0.39, 0.29) is 18.2 Å². The van der Waals surface area contributed by atoms with Gasteiger partial charge in [-0.25, -0.2) is 4.98 Å². The third-order valence-corrected chi connectivity index (χ3v) is 5.36. The van der Waals surface area contributed by atoms with Crippen molar-refractivity contribution in [3.8, 4) is 10.6 Å². The number of thiazole rings is 1. The predicted molar refractivity (Wildman–Crippen MR) is 102 cm³/mol. The number of thiophene rings is 1. The summed E-state index contributed by atoms with van der Waals surface area (Å²) in [6.07, 6.45) is 0.199. The van der Waals surface area contributed by atoms with Crippen molar-refractivity contribution in [2.24, 2.45) is 0 Å². The standard InChI is InChI=1S/C18H17N3O2S2/c1-11-14(17(23)19-2)4-3-5-15(11)21-16(22)8-13-10-25-18(20-13)12-6-7-24-9-12/h3-7,9-10H,8H2,1-2H3,(H,19,23)(H,21,22). The number of aromatic nitrogens is 1. The smallest absolute Gasteiger partial charge is 0.251 e. The molecular formula is C18H17N3O2S2. The maximum absolute atomic E-state index is 12.3. The first-order chi connectivity index (χ1) is 12.1. The van der Waals surface area contributed by atoms with Crippen LogP contribution in [0.1, 0.15) is 21.6 Å². The summed E-state index contributed by atoms with van der Waals surface area (Å²) in [6, 6.07) is 7.29. The van der Waals surface area contributed by atoms with Crippen LogP contribution in [-0.2, 0) is 11.2 Å². The second kappa shape index (κ2) is 7.58. The molecular weight excluding hydrogens is 354 g/mol. The second-order valence-corrected chi connectivity index (χ2v) is 7.08. The number of benzene rings is 1. The highest BCUT2D eigenvalue weighted by molar-refractivity contribution is 7.14. The summed E-state index contributed by atoms with van der Waals surface area (Å²) < 4.78 is 0. The van der Waals surface area contributed by atoms with E-state index in [2.05, 4.69) is 15.6 Å². The fraction of sp³-hybridized carbons (Fsp3) is 0.167. The lowest BCUT2D eigenvalue weighted by Gasteiger charge is -2.11. The van der Waals surface area contributed by atoms with E-state index in [4.69, 9.17) is 0 Å². The molecule has 128 valence electrons. The SMILES string of the molecule is CNC(=O)c1cccc(NC(=O)Cc2csc(-c3ccsc3)n2)c1C. The van der Waals surface area contributed by atoms with Crippen LogP contribution in [0.2, 0.25) is 0 Å². The van der Waals surface area contributed by atoms with Crippen molar-refractivity contribution in [1.29, 1.82) is 0 Å². The first-order valence-corrected chi connectivity index (χ1v) is 9.49. The lowest BCUT2D eigenvalue weighted by molar-refractivity contribution is -0.115. The molecule has 3 aromatic rings. The Balaban J connectivity index is 1.70. The van der Waals surface area contributed by atoms with E-state index in [0.29, 0.717) is 11.3 Å². The van der Waals surface area contributed by atoms with Gasteiger partial charge < -0.3 is 10.6 Å². The minimum atomic E-state index is -0.173. The van der Waals surface area contributed by atoms with Crippen LogP contribution >= 0.6 is 22.7 Å². The number of amides is 2. The topological polar surface area (TPSA) is 71.1 Å². The van der Waals surface area contributed by atoms with Gasteiger partial charge in [0.25, 0.3) is 5.91 Å². The van der Waals surface area contributed by atoms with Crippen molar-refractivity contribution in [2.45, 2.75) is 13.3 Å². The van der Waals surface area contributed by atoms with Crippen LogP contribution in [-0.4, -0.2) is 23.8 Å². The summed E-state index contributed by atoms with van der Waals surface area (Å²) in [5.74, 6) is -0.326. The van der Waals surface area contributed by atoms with E-state index in [1.54, 1.807) is 36.6 Å². The zero-order valence-corrected chi connectivity index (χ0v) is 15.5. The Morgan fingerprint density at radius 2 is 2.04 bits per heavy atom. The van der Waals surface area contributed by atoms with Crippen molar-refractivity contribution < 1.29 is 9.59 Å². The van der Waals surface area contributed by atoms with Crippen molar-refractivity contribution in [3.05, 3.63) is 57.2 Å². The second-order valence-electron chi connectivity index (χ2n) is 5.44. The quantitative estimate of drug-likeness (QED) is 0.718. The summed E-state index contributed by atoms with van der Waals surface area (Å²) >= 11 is 3.15. The van der Waals surface area contributed by atoms with Gasteiger partial charge in [0.05, 0.1) is 12.1 Å². The van der Waals surface area contributed by atoms with Gasteiger partial charge in [0, 0.05) is 34.6 Å². The van der Waals surface area contributed by atoms with Crippen LogP contribution in [0.15, 0.2) is 40.4 Å². The number of rotatable bonds is 5. The van der Waals surface area contributed by atoms with E-state index < -0.39 is 0 Å². The lowest BCUT2D eigenvalue weighted by Crippen LogP contribution is -2.21. The molecule has 0 unspecified atom stereocenters. The third kappa shape index (κ3) is 3.94. The van der Waals surface area contributed by atoms with Crippen molar-refractivity contribution in [2.75, 3.05) is 12.4 Å². The Kier molecular flexibility index (Phi) is 5.25. The number of nitrogens with one attached hydrogen (secondary N) is 2. The Morgan fingerprint density at radius 1 is 1.20 bits per heavy atom. The van der Waals surface area contributed by atoms with Gasteiger partial charge >= 0.3 is 0 Å². The largest absolute Gasteiger partial charge is 0.355 e. The maximum Gasteiger partial charge on any atom is 0.251 e. The number of carbonyl (C=O) groups excluding carboxylic acids is 2. The van der Waals surface area contributed by atoms with E-state index in [1.807, 2.05) is 29.1 Å². The van der Waals surface area contributed by atoms with Gasteiger partial charge in [0.2, 0.25) is 5.91 Å². The highest BCUT2D eigenvalue weighted by Gasteiger charge is 2.13. The molecule has 5 nitrogen and oxygen atoms in total. The minimum Gasteiger partial charge on any atom is -0.355 e. The summed E-state index contributed by atoms with van der Waals surface area (Å²) in [6.45, 7) is 1.82. The zero-order valence-electron chi connectivity index (χ0n) is 13.8. The molecule has 2 amide bonds. The molecule has 2 heterocycles. The molecule has 0 atom stereocenters. The van der Waals surface area contributed by atoms with Gasteiger partial charge in [0.15, 0.2) is 0 Å². The fourth-order valence-electron chi connectivity index (χ4n) is 2.42. The molecule has 25 heavy (non-hydrogen) atoms. The molecule has 0 spiro atoms. The number of hydrogen-bond acceptors (Lipinski definition) is 5. The Morgan fingerprint density at radius 3 is 2.76 bits per heavy atom. The molecule has 0 aliphatic carbocycles. The molecule has 2 aromatic heterocycles. The molecule has 0 bridgehead atoms. The third-order valence-electron chi connectivity index (χ3n) is 3.74. The number of carbonyl (C=O) groups is 2.